The number of nitro benzene ring substituents is 1. The Bertz CT molecular complexity index is 1080. The molecule has 1 aliphatic carbocycles. The molecule has 1 saturated heterocycles. The third-order valence-electron chi connectivity index (χ3n) is 6.85. The van der Waals surface area contributed by atoms with Gasteiger partial charge in [-0.1, -0.05) is 25.0 Å². The number of carbonyl (C=O) groups excluding carboxylic acids is 2. The summed E-state index contributed by atoms with van der Waals surface area (Å²) in [6, 6.07) is 10.1. The van der Waals surface area contributed by atoms with Gasteiger partial charge in [0.1, 0.15) is 5.82 Å². The van der Waals surface area contributed by atoms with Crippen molar-refractivity contribution in [2.24, 2.45) is 5.92 Å². The first kappa shape index (κ1) is 23.8. The number of anilines is 1. The first-order valence-electron chi connectivity index (χ1n) is 11.7. The average molecular weight is 469 g/mol. The number of rotatable bonds is 6. The Morgan fingerprint density at radius 2 is 1.79 bits per heavy atom. The summed E-state index contributed by atoms with van der Waals surface area (Å²) < 4.78 is 13.6. The number of hydrogen-bond donors (Lipinski definition) is 1. The maximum Gasteiger partial charge on any atom is 0.273 e. The summed E-state index contributed by atoms with van der Waals surface area (Å²) in [6.45, 7) is 3.55. The summed E-state index contributed by atoms with van der Waals surface area (Å²) in [4.78, 5) is 40.8. The van der Waals surface area contributed by atoms with E-state index in [-0.39, 0.29) is 29.5 Å². The van der Waals surface area contributed by atoms with E-state index in [0.717, 1.165) is 25.7 Å². The molecule has 0 spiro atoms. The highest BCUT2D eigenvalue weighted by atomic mass is 19.1. The van der Waals surface area contributed by atoms with Crippen molar-refractivity contribution >= 4 is 23.2 Å². The molecule has 1 saturated carbocycles. The molecule has 1 N–H and O–H groups in total. The van der Waals surface area contributed by atoms with Gasteiger partial charge in [-0.2, -0.15) is 0 Å². The van der Waals surface area contributed by atoms with Gasteiger partial charge in [0.2, 0.25) is 5.91 Å². The highest BCUT2D eigenvalue weighted by Gasteiger charge is 2.37. The molecule has 2 aromatic carbocycles. The van der Waals surface area contributed by atoms with Crippen molar-refractivity contribution in [3.8, 4) is 0 Å². The molecule has 8 nitrogen and oxygen atoms in total. The summed E-state index contributed by atoms with van der Waals surface area (Å²) in [6.07, 6.45) is 4.10. The van der Waals surface area contributed by atoms with Crippen LogP contribution in [0.3, 0.4) is 0 Å². The van der Waals surface area contributed by atoms with Gasteiger partial charge in [-0.3, -0.25) is 24.6 Å². The van der Waals surface area contributed by atoms with E-state index in [2.05, 4.69) is 10.2 Å². The monoisotopic (exact) mass is 468 g/mol. The molecule has 1 atom stereocenters. The number of piperazine rings is 1. The van der Waals surface area contributed by atoms with Crippen LogP contribution in [0.5, 0.6) is 0 Å². The van der Waals surface area contributed by atoms with Crippen LogP contribution in [0.1, 0.15) is 41.6 Å². The predicted octanol–water partition coefficient (Wildman–Crippen LogP) is 4.00. The zero-order valence-corrected chi connectivity index (χ0v) is 19.2. The number of benzene rings is 2. The lowest BCUT2D eigenvalue weighted by Gasteiger charge is -2.40. The van der Waals surface area contributed by atoms with E-state index in [0.29, 0.717) is 43.0 Å². The van der Waals surface area contributed by atoms with E-state index in [4.69, 9.17) is 0 Å². The van der Waals surface area contributed by atoms with Crippen molar-refractivity contribution in [1.29, 1.82) is 0 Å². The summed E-state index contributed by atoms with van der Waals surface area (Å²) >= 11 is 0. The molecule has 0 bridgehead atoms. The van der Waals surface area contributed by atoms with Crippen LogP contribution in [-0.2, 0) is 4.79 Å². The fourth-order valence-corrected chi connectivity index (χ4v) is 5.06. The summed E-state index contributed by atoms with van der Waals surface area (Å²) in [5, 5.41) is 14.1. The second-order valence-electron chi connectivity index (χ2n) is 9.08. The van der Waals surface area contributed by atoms with E-state index >= 15 is 0 Å². The molecule has 2 amide bonds. The Morgan fingerprint density at radius 3 is 2.44 bits per heavy atom. The van der Waals surface area contributed by atoms with Gasteiger partial charge >= 0.3 is 0 Å². The number of amides is 2. The number of nitro groups is 1. The second kappa shape index (κ2) is 10.3. The first-order chi connectivity index (χ1) is 16.3. The fraction of sp³-hybridized carbons (Fsp3) is 0.440. The van der Waals surface area contributed by atoms with Gasteiger partial charge in [0.15, 0.2) is 0 Å². The van der Waals surface area contributed by atoms with Gasteiger partial charge in [0.05, 0.1) is 11.0 Å². The maximum atomic E-state index is 13.6. The van der Waals surface area contributed by atoms with E-state index < -0.39 is 10.7 Å². The average Bonchev–Trinajstić information content (AvgIpc) is 3.33. The number of nitrogens with zero attached hydrogens (tertiary/aromatic N) is 3. The van der Waals surface area contributed by atoms with Crippen molar-refractivity contribution in [3.05, 3.63) is 69.5 Å². The fourth-order valence-electron chi connectivity index (χ4n) is 5.06. The van der Waals surface area contributed by atoms with Crippen LogP contribution in [0.4, 0.5) is 15.8 Å². The maximum absolute atomic E-state index is 13.6. The summed E-state index contributed by atoms with van der Waals surface area (Å²) in [5.41, 5.74) is 1.17. The van der Waals surface area contributed by atoms with Crippen molar-refractivity contribution in [2.75, 3.05) is 31.5 Å². The Kier molecular flexibility index (Phi) is 7.21. The molecule has 180 valence electrons. The van der Waals surface area contributed by atoms with Crippen LogP contribution in [0.15, 0.2) is 42.5 Å². The summed E-state index contributed by atoms with van der Waals surface area (Å²) in [7, 11) is 0. The van der Waals surface area contributed by atoms with E-state index in [9.17, 15) is 24.1 Å². The number of hydrogen-bond acceptors (Lipinski definition) is 5. The molecule has 9 heteroatoms. The number of carbonyl (C=O) groups is 2. The highest BCUT2D eigenvalue weighted by molar-refractivity contribution is 5.96. The molecule has 0 radical (unpaired) electrons. The summed E-state index contributed by atoms with van der Waals surface area (Å²) in [5.74, 6) is -0.579. The minimum Gasteiger partial charge on any atom is -0.336 e. The van der Waals surface area contributed by atoms with Gasteiger partial charge in [-0.25, -0.2) is 4.39 Å². The Hall–Kier alpha value is -3.33. The second-order valence-corrected chi connectivity index (χ2v) is 9.08. The molecule has 34 heavy (non-hydrogen) atoms. The van der Waals surface area contributed by atoms with Crippen molar-refractivity contribution < 1.29 is 18.9 Å². The Balaban J connectivity index is 1.44. The van der Waals surface area contributed by atoms with Crippen LogP contribution in [0.25, 0.3) is 0 Å². The van der Waals surface area contributed by atoms with Gasteiger partial charge in [0, 0.05) is 49.1 Å². The van der Waals surface area contributed by atoms with Crippen LogP contribution in [0.2, 0.25) is 0 Å². The smallest absolute Gasteiger partial charge is 0.273 e. The van der Waals surface area contributed by atoms with Gasteiger partial charge in [-0.15, -0.1) is 0 Å². The van der Waals surface area contributed by atoms with Crippen LogP contribution in [0, 0.1) is 28.8 Å². The topological polar surface area (TPSA) is 95.8 Å². The van der Waals surface area contributed by atoms with Crippen LogP contribution < -0.4 is 5.32 Å². The largest absolute Gasteiger partial charge is 0.336 e. The molecule has 0 unspecified atom stereocenters. The lowest BCUT2D eigenvalue weighted by Crippen LogP contribution is -2.56. The van der Waals surface area contributed by atoms with Crippen molar-refractivity contribution in [1.82, 2.24) is 9.80 Å². The quantitative estimate of drug-likeness (QED) is 0.511. The molecule has 2 aliphatic rings. The van der Waals surface area contributed by atoms with Crippen LogP contribution >= 0.6 is 0 Å². The normalized spacial score (nSPS) is 18.0. The molecule has 1 aliphatic heterocycles. The third kappa shape index (κ3) is 5.25. The van der Waals surface area contributed by atoms with E-state index in [1.165, 1.54) is 18.2 Å². The van der Waals surface area contributed by atoms with Gasteiger partial charge < -0.3 is 10.2 Å². The van der Waals surface area contributed by atoms with E-state index in [1.807, 2.05) is 0 Å². The Labute approximate surface area is 197 Å². The lowest BCUT2D eigenvalue weighted by atomic mass is 9.94. The number of aryl methyl sites for hydroxylation is 1. The molecular formula is C25H29FN4O4. The molecule has 0 aromatic heterocycles. The first-order valence-corrected chi connectivity index (χ1v) is 11.7. The van der Waals surface area contributed by atoms with Crippen LogP contribution in [-0.4, -0.2) is 58.8 Å². The zero-order chi connectivity index (χ0) is 24.2. The SMILES string of the molecule is Cc1ccc(C(=O)N2CCN([C@@H](C(=O)Nc3cccc(F)c3)C3CCCC3)CC2)cc1[N+](=O)[O-]. The minimum atomic E-state index is -0.479. The highest BCUT2D eigenvalue weighted by Crippen LogP contribution is 2.32. The van der Waals surface area contributed by atoms with Gasteiger partial charge in [-0.05, 0) is 49.9 Å². The zero-order valence-electron chi connectivity index (χ0n) is 19.2. The van der Waals surface area contributed by atoms with E-state index in [1.54, 1.807) is 36.1 Å². The predicted molar refractivity (Wildman–Crippen MR) is 126 cm³/mol. The molecular weight excluding hydrogens is 439 g/mol. The molecule has 4 rings (SSSR count). The molecule has 1 heterocycles. The molecule has 2 aromatic rings. The van der Waals surface area contributed by atoms with Crippen molar-refractivity contribution in [2.45, 2.75) is 38.6 Å². The third-order valence-corrected chi connectivity index (χ3v) is 6.85. The van der Waals surface area contributed by atoms with Gasteiger partial charge in [0.25, 0.3) is 11.6 Å². The van der Waals surface area contributed by atoms with Crippen molar-refractivity contribution in [3.63, 3.8) is 0 Å². The molecule has 2 fully saturated rings. The lowest BCUT2D eigenvalue weighted by molar-refractivity contribution is -0.385. The number of halogens is 1. The standard InChI is InChI=1S/C25H29FN4O4/c1-17-9-10-19(15-22(17)30(33)34)25(32)29-13-11-28(12-14-29)23(18-5-2-3-6-18)24(31)27-21-8-4-7-20(26)16-21/h4,7-10,15-16,18,23H,2-3,5-6,11-14H2,1H3,(H,27,31)/t23-/m1/s1. The number of nitrogens with one attached hydrogen (secondary N) is 1. The minimum absolute atomic E-state index is 0.0696. The Morgan fingerprint density at radius 1 is 1.09 bits per heavy atom.